The van der Waals surface area contributed by atoms with Gasteiger partial charge in [-0.3, -0.25) is 4.72 Å². The summed E-state index contributed by atoms with van der Waals surface area (Å²) in [6, 6.07) is 13.5. The molecular formula is C14H13N5O2S. The average Bonchev–Trinajstić information content (AvgIpc) is 3.04. The number of para-hydroxylation sites is 1. The molecule has 0 radical (unpaired) electrons. The zero-order valence-corrected chi connectivity index (χ0v) is 12.5. The maximum atomic E-state index is 12.4. The number of hydrogen-bond donors (Lipinski definition) is 1. The Labute approximate surface area is 127 Å². The van der Waals surface area contributed by atoms with Crippen molar-refractivity contribution in [2.24, 2.45) is 0 Å². The highest BCUT2D eigenvalue weighted by molar-refractivity contribution is 7.92. The first kappa shape index (κ1) is 14.2. The van der Waals surface area contributed by atoms with E-state index in [-0.39, 0.29) is 4.90 Å². The topological polar surface area (TPSA) is 89.8 Å². The zero-order valence-electron chi connectivity index (χ0n) is 11.7. The van der Waals surface area contributed by atoms with E-state index in [4.69, 9.17) is 0 Å². The molecule has 8 heteroatoms. The number of aryl methyl sites for hydroxylation is 1. The Morgan fingerprint density at radius 2 is 1.77 bits per heavy atom. The van der Waals surface area contributed by atoms with E-state index in [1.807, 2.05) is 19.1 Å². The maximum Gasteiger partial charge on any atom is 0.261 e. The van der Waals surface area contributed by atoms with Crippen molar-refractivity contribution in [3.05, 3.63) is 60.4 Å². The van der Waals surface area contributed by atoms with E-state index in [2.05, 4.69) is 20.2 Å². The molecular weight excluding hydrogens is 302 g/mol. The van der Waals surface area contributed by atoms with Gasteiger partial charge in [-0.1, -0.05) is 18.2 Å². The lowest BCUT2D eigenvalue weighted by Crippen LogP contribution is -2.13. The Morgan fingerprint density at radius 3 is 2.41 bits per heavy atom. The van der Waals surface area contributed by atoms with Gasteiger partial charge in [0, 0.05) is 0 Å². The van der Waals surface area contributed by atoms with Crippen LogP contribution in [0.3, 0.4) is 0 Å². The Balaban J connectivity index is 1.88. The largest absolute Gasteiger partial charge is 0.279 e. The molecule has 0 spiro atoms. The highest BCUT2D eigenvalue weighted by Crippen LogP contribution is 2.20. The number of tetrazole rings is 1. The molecule has 1 heterocycles. The van der Waals surface area contributed by atoms with Crippen molar-refractivity contribution < 1.29 is 8.42 Å². The van der Waals surface area contributed by atoms with Crippen molar-refractivity contribution in [2.75, 3.05) is 4.72 Å². The molecule has 22 heavy (non-hydrogen) atoms. The van der Waals surface area contributed by atoms with Crippen LogP contribution in [0.4, 0.5) is 5.69 Å². The van der Waals surface area contributed by atoms with E-state index in [9.17, 15) is 8.42 Å². The predicted molar refractivity (Wildman–Crippen MR) is 81.1 cm³/mol. The summed E-state index contributed by atoms with van der Waals surface area (Å²) in [5, 5.41) is 10.8. The molecule has 0 aliphatic heterocycles. The van der Waals surface area contributed by atoms with Crippen LogP contribution in [0, 0.1) is 6.92 Å². The third kappa shape index (κ3) is 2.82. The summed E-state index contributed by atoms with van der Waals surface area (Å²) >= 11 is 0. The molecule has 0 atom stereocenters. The molecule has 2 aromatic carbocycles. The van der Waals surface area contributed by atoms with Gasteiger partial charge in [-0.2, -0.15) is 0 Å². The fraction of sp³-hybridized carbons (Fsp3) is 0.0714. The van der Waals surface area contributed by atoms with Crippen LogP contribution in [-0.2, 0) is 10.0 Å². The lowest BCUT2D eigenvalue weighted by Gasteiger charge is -2.10. The number of nitrogens with one attached hydrogen (secondary N) is 1. The lowest BCUT2D eigenvalue weighted by atomic mass is 10.2. The van der Waals surface area contributed by atoms with Gasteiger partial charge in [0.25, 0.3) is 10.0 Å². The molecule has 3 aromatic rings. The summed E-state index contributed by atoms with van der Waals surface area (Å²) in [4.78, 5) is 0.174. The number of benzene rings is 2. The van der Waals surface area contributed by atoms with Gasteiger partial charge < -0.3 is 0 Å². The Hall–Kier alpha value is -2.74. The van der Waals surface area contributed by atoms with Crippen molar-refractivity contribution in [1.82, 2.24) is 20.2 Å². The van der Waals surface area contributed by atoms with Crippen molar-refractivity contribution in [1.29, 1.82) is 0 Å². The van der Waals surface area contributed by atoms with E-state index in [1.165, 1.54) is 23.1 Å². The zero-order chi connectivity index (χ0) is 15.6. The van der Waals surface area contributed by atoms with Crippen LogP contribution in [0.5, 0.6) is 0 Å². The first-order chi connectivity index (χ1) is 10.6. The minimum Gasteiger partial charge on any atom is -0.279 e. The van der Waals surface area contributed by atoms with Gasteiger partial charge >= 0.3 is 0 Å². The Kier molecular flexibility index (Phi) is 3.60. The fourth-order valence-electron chi connectivity index (χ4n) is 1.95. The quantitative estimate of drug-likeness (QED) is 0.792. The van der Waals surface area contributed by atoms with E-state index < -0.39 is 10.0 Å². The second-order valence-electron chi connectivity index (χ2n) is 4.67. The lowest BCUT2D eigenvalue weighted by molar-refractivity contribution is 0.601. The Bertz CT molecular complexity index is 874. The number of aromatic nitrogens is 4. The molecule has 0 amide bonds. The van der Waals surface area contributed by atoms with Gasteiger partial charge in [0.15, 0.2) is 0 Å². The van der Waals surface area contributed by atoms with Gasteiger partial charge in [-0.05, 0) is 53.2 Å². The van der Waals surface area contributed by atoms with Gasteiger partial charge in [0.1, 0.15) is 6.33 Å². The molecule has 7 nitrogen and oxygen atoms in total. The second-order valence-corrected chi connectivity index (χ2v) is 6.35. The summed E-state index contributed by atoms with van der Waals surface area (Å²) in [6.07, 6.45) is 1.44. The van der Waals surface area contributed by atoms with Crippen molar-refractivity contribution in [3.8, 4) is 5.69 Å². The second kappa shape index (κ2) is 5.57. The first-order valence-corrected chi connectivity index (χ1v) is 7.96. The fourth-order valence-corrected chi connectivity index (χ4v) is 3.08. The van der Waals surface area contributed by atoms with Crippen LogP contribution in [0.15, 0.2) is 59.8 Å². The van der Waals surface area contributed by atoms with Crippen LogP contribution in [-0.4, -0.2) is 28.6 Å². The van der Waals surface area contributed by atoms with E-state index in [0.29, 0.717) is 11.4 Å². The predicted octanol–water partition coefficient (Wildman–Crippen LogP) is 1.77. The molecule has 0 bridgehead atoms. The highest BCUT2D eigenvalue weighted by Gasteiger charge is 2.15. The summed E-state index contributed by atoms with van der Waals surface area (Å²) in [7, 11) is -3.63. The van der Waals surface area contributed by atoms with E-state index in [1.54, 1.807) is 24.3 Å². The molecule has 0 unspecified atom stereocenters. The van der Waals surface area contributed by atoms with Crippen molar-refractivity contribution in [3.63, 3.8) is 0 Å². The molecule has 1 aromatic heterocycles. The minimum atomic E-state index is -3.63. The summed E-state index contributed by atoms with van der Waals surface area (Å²) in [5.74, 6) is 0. The van der Waals surface area contributed by atoms with Gasteiger partial charge in [0.05, 0.1) is 16.3 Å². The SMILES string of the molecule is Cc1ccccc1NS(=O)(=O)c1ccc(-n2cnnn2)cc1. The molecule has 1 N–H and O–H groups in total. The number of anilines is 1. The minimum absolute atomic E-state index is 0.174. The molecule has 112 valence electrons. The smallest absolute Gasteiger partial charge is 0.261 e. The van der Waals surface area contributed by atoms with Crippen LogP contribution >= 0.6 is 0 Å². The molecule has 0 aliphatic rings. The average molecular weight is 315 g/mol. The summed E-state index contributed by atoms with van der Waals surface area (Å²) in [5.41, 5.74) is 2.10. The first-order valence-electron chi connectivity index (χ1n) is 6.48. The third-order valence-electron chi connectivity index (χ3n) is 3.15. The van der Waals surface area contributed by atoms with Crippen LogP contribution < -0.4 is 4.72 Å². The maximum absolute atomic E-state index is 12.4. The highest BCUT2D eigenvalue weighted by atomic mass is 32.2. The molecule has 3 rings (SSSR count). The molecule has 0 saturated carbocycles. The van der Waals surface area contributed by atoms with Gasteiger partial charge in [-0.15, -0.1) is 5.10 Å². The van der Waals surface area contributed by atoms with E-state index in [0.717, 1.165) is 5.56 Å². The van der Waals surface area contributed by atoms with Gasteiger partial charge in [0.2, 0.25) is 0 Å². The van der Waals surface area contributed by atoms with Crippen LogP contribution in [0.25, 0.3) is 5.69 Å². The Morgan fingerprint density at radius 1 is 1.05 bits per heavy atom. The van der Waals surface area contributed by atoms with Crippen LogP contribution in [0.1, 0.15) is 5.56 Å². The summed E-state index contributed by atoms with van der Waals surface area (Å²) < 4.78 is 28.8. The van der Waals surface area contributed by atoms with E-state index >= 15 is 0 Å². The standard InChI is InChI=1S/C14H13N5O2S/c1-11-4-2-3-5-14(11)16-22(20,21)13-8-6-12(7-9-13)19-10-15-17-18-19/h2-10,16H,1H3. The normalized spacial score (nSPS) is 11.3. The number of sulfonamides is 1. The molecule has 0 fully saturated rings. The van der Waals surface area contributed by atoms with Crippen LogP contribution in [0.2, 0.25) is 0 Å². The van der Waals surface area contributed by atoms with Gasteiger partial charge in [-0.25, -0.2) is 13.1 Å². The molecule has 0 saturated heterocycles. The molecule has 0 aliphatic carbocycles. The number of nitrogens with zero attached hydrogens (tertiary/aromatic N) is 4. The van der Waals surface area contributed by atoms with Crippen molar-refractivity contribution >= 4 is 15.7 Å². The monoisotopic (exact) mass is 315 g/mol. The van der Waals surface area contributed by atoms with Crippen molar-refractivity contribution in [2.45, 2.75) is 11.8 Å². The number of rotatable bonds is 4. The summed E-state index contributed by atoms with van der Waals surface area (Å²) in [6.45, 7) is 1.85. The number of hydrogen-bond acceptors (Lipinski definition) is 5. The third-order valence-corrected chi connectivity index (χ3v) is 4.53.